The third-order valence-electron chi connectivity index (χ3n) is 2.78. The first-order chi connectivity index (χ1) is 8.22. The first kappa shape index (κ1) is 11.5. The highest BCUT2D eigenvalue weighted by molar-refractivity contribution is 5.34. The molecule has 0 radical (unpaired) electrons. The van der Waals surface area contributed by atoms with Crippen molar-refractivity contribution >= 4 is 0 Å². The summed E-state index contributed by atoms with van der Waals surface area (Å²) in [6.45, 7) is 0. The summed E-state index contributed by atoms with van der Waals surface area (Å²) in [6, 6.07) is 9.68. The van der Waals surface area contributed by atoms with Crippen molar-refractivity contribution in [2.75, 3.05) is 7.11 Å². The lowest BCUT2D eigenvalue weighted by Crippen LogP contribution is -2.21. The number of rotatable bonds is 3. The maximum atomic E-state index is 10.9. The molecule has 0 N–H and O–H groups in total. The number of allylic oxidation sites excluding steroid dienone is 2. The van der Waals surface area contributed by atoms with E-state index >= 15 is 0 Å². The van der Waals surface area contributed by atoms with Crippen LogP contribution in [-0.2, 0) is 4.74 Å². The topological polar surface area (TPSA) is 52.4 Å². The Labute approximate surface area is 99.4 Å². The van der Waals surface area contributed by atoms with Gasteiger partial charge in [-0.05, 0) is 11.6 Å². The Morgan fingerprint density at radius 3 is 2.53 bits per heavy atom. The maximum Gasteiger partial charge on any atom is 0.275 e. The standard InChI is InChI=1S/C13H13NO3/c1-17-13-8-7-11(9-12(13)14(15)16)10-5-3-2-4-6-10/h2-9,11,13H,1H3. The molecule has 0 spiro atoms. The van der Waals surface area contributed by atoms with Gasteiger partial charge in [-0.1, -0.05) is 36.4 Å². The predicted octanol–water partition coefficient (Wildman–Crippen LogP) is 2.52. The van der Waals surface area contributed by atoms with Gasteiger partial charge in [0.05, 0.1) is 4.92 Å². The molecule has 1 aromatic carbocycles. The van der Waals surface area contributed by atoms with Gasteiger partial charge in [0.25, 0.3) is 5.70 Å². The molecule has 88 valence electrons. The van der Waals surface area contributed by atoms with Crippen molar-refractivity contribution in [2.45, 2.75) is 12.0 Å². The second kappa shape index (κ2) is 4.93. The molecular weight excluding hydrogens is 218 g/mol. The minimum absolute atomic E-state index is 0.0528. The summed E-state index contributed by atoms with van der Waals surface area (Å²) in [6.07, 6.45) is 4.75. The van der Waals surface area contributed by atoms with Crippen LogP contribution in [0, 0.1) is 10.1 Å². The molecule has 0 fully saturated rings. The first-order valence-electron chi connectivity index (χ1n) is 5.34. The minimum atomic E-state index is -0.551. The zero-order valence-electron chi connectivity index (χ0n) is 9.45. The number of hydrogen-bond donors (Lipinski definition) is 0. The van der Waals surface area contributed by atoms with Crippen LogP contribution in [0.4, 0.5) is 0 Å². The third-order valence-corrected chi connectivity index (χ3v) is 2.78. The van der Waals surface area contributed by atoms with Crippen molar-refractivity contribution in [3.05, 3.63) is 69.9 Å². The van der Waals surface area contributed by atoms with E-state index in [4.69, 9.17) is 4.74 Å². The van der Waals surface area contributed by atoms with Gasteiger partial charge < -0.3 is 4.74 Å². The molecule has 4 nitrogen and oxygen atoms in total. The van der Waals surface area contributed by atoms with Crippen LogP contribution < -0.4 is 0 Å². The molecule has 4 heteroatoms. The van der Waals surface area contributed by atoms with Gasteiger partial charge >= 0.3 is 0 Å². The molecule has 0 amide bonds. The summed E-state index contributed by atoms with van der Waals surface area (Å²) in [5.41, 5.74) is 1.14. The lowest BCUT2D eigenvalue weighted by atomic mass is 9.92. The third kappa shape index (κ3) is 2.42. The second-order valence-corrected chi connectivity index (χ2v) is 3.83. The van der Waals surface area contributed by atoms with Crippen molar-refractivity contribution in [3.8, 4) is 0 Å². The SMILES string of the molecule is COC1C=CC(c2ccccc2)C=C1[N+](=O)[O-]. The largest absolute Gasteiger partial charge is 0.366 e. The molecule has 0 saturated carbocycles. The second-order valence-electron chi connectivity index (χ2n) is 3.83. The average Bonchev–Trinajstić information content (AvgIpc) is 2.39. The van der Waals surface area contributed by atoms with Crippen LogP contribution in [0.3, 0.4) is 0 Å². The normalized spacial score (nSPS) is 23.2. The van der Waals surface area contributed by atoms with Crippen molar-refractivity contribution in [3.63, 3.8) is 0 Å². The quantitative estimate of drug-likeness (QED) is 0.456. The van der Waals surface area contributed by atoms with Gasteiger partial charge in [-0.2, -0.15) is 0 Å². The van der Waals surface area contributed by atoms with Crippen LogP contribution in [0.25, 0.3) is 0 Å². The van der Waals surface area contributed by atoms with Crippen LogP contribution >= 0.6 is 0 Å². The Morgan fingerprint density at radius 2 is 1.94 bits per heavy atom. The molecule has 2 rings (SSSR count). The predicted molar refractivity (Wildman–Crippen MR) is 64.2 cm³/mol. The van der Waals surface area contributed by atoms with Gasteiger partial charge in [-0.25, -0.2) is 0 Å². The van der Waals surface area contributed by atoms with Gasteiger partial charge in [0, 0.05) is 19.1 Å². The lowest BCUT2D eigenvalue weighted by molar-refractivity contribution is -0.435. The fourth-order valence-electron chi connectivity index (χ4n) is 1.90. The summed E-state index contributed by atoms with van der Waals surface area (Å²) >= 11 is 0. The highest BCUT2D eigenvalue weighted by Gasteiger charge is 2.27. The molecule has 1 aromatic rings. The number of methoxy groups -OCH3 is 1. The molecule has 0 aliphatic heterocycles. The van der Waals surface area contributed by atoms with E-state index in [0.717, 1.165) is 5.56 Å². The fraction of sp³-hybridized carbons (Fsp3) is 0.231. The van der Waals surface area contributed by atoms with E-state index in [9.17, 15) is 10.1 Å². The first-order valence-corrected chi connectivity index (χ1v) is 5.34. The van der Waals surface area contributed by atoms with Gasteiger partial charge in [0.1, 0.15) is 0 Å². The molecule has 0 aromatic heterocycles. The molecule has 1 aliphatic carbocycles. The molecule has 0 saturated heterocycles. The molecule has 17 heavy (non-hydrogen) atoms. The zero-order valence-corrected chi connectivity index (χ0v) is 9.45. The lowest BCUT2D eigenvalue weighted by Gasteiger charge is -2.17. The molecule has 0 bridgehead atoms. The average molecular weight is 231 g/mol. The number of ether oxygens (including phenoxy) is 1. The Balaban J connectivity index is 2.31. The van der Waals surface area contributed by atoms with Crippen molar-refractivity contribution in [1.82, 2.24) is 0 Å². The van der Waals surface area contributed by atoms with E-state index in [1.165, 1.54) is 7.11 Å². The van der Waals surface area contributed by atoms with E-state index in [1.54, 1.807) is 12.2 Å². The molecular formula is C13H13NO3. The van der Waals surface area contributed by atoms with Crippen molar-refractivity contribution in [1.29, 1.82) is 0 Å². The van der Waals surface area contributed by atoms with Crippen LogP contribution in [0.2, 0.25) is 0 Å². The fourth-order valence-corrected chi connectivity index (χ4v) is 1.90. The van der Waals surface area contributed by atoms with E-state index in [0.29, 0.717) is 0 Å². The Bertz CT molecular complexity index is 465. The molecule has 0 heterocycles. The van der Waals surface area contributed by atoms with Crippen LogP contribution in [0.1, 0.15) is 11.5 Å². The van der Waals surface area contributed by atoms with E-state index in [-0.39, 0.29) is 16.5 Å². The summed E-state index contributed by atoms with van der Waals surface area (Å²) in [5.74, 6) is -0.0528. The molecule has 1 aliphatic rings. The Kier molecular flexibility index (Phi) is 3.35. The smallest absolute Gasteiger partial charge is 0.275 e. The highest BCUT2D eigenvalue weighted by atomic mass is 16.6. The maximum absolute atomic E-state index is 10.9. The summed E-state index contributed by atoms with van der Waals surface area (Å²) in [4.78, 5) is 10.5. The van der Waals surface area contributed by atoms with Crippen LogP contribution in [0.5, 0.6) is 0 Å². The number of nitrogens with zero attached hydrogens (tertiary/aromatic N) is 1. The van der Waals surface area contributed by atoms with Gasteiger partial charge in [-0.3, -0.25) is 10.1 Å². The van der Waals surface area contributed by atoms with E-state index < -0.39 is 6.10 Å². The molecule has 2 atom stereocenters. The Hall–Kier alpha value is -1.94. The summed E-state index contributed by atoms with van der Waals surface area (Å²) in [7, 11) is 1.47. The van der Waals surface area contributed by atoms with Crippen LogP contribution in [0.15, 0.2) is 54.3 Å². The number of benzene rings is 1. The number of hydrogen-bond acceptors (Lipinski definition) is 3. The van der Waals surface area contributed by atoms with Gasteiger partial charge in [0.15, 0.2) is 6.10 Å². The number of nitro groups is 1. The van der Waals surface area contributed by atoms with Gasteiger partial charge in [0.2, 0.25) is 0 Å². The highest BCUT2D eigenvalue weighted by Crippen LogP contribution is 2.27. The monoisotopic (exact) mass is 231 g/mol. The van der Waals surface area contributed by atoms with Crippen molar-refractivity contribution in [2.24, 2.45) is 0 Å². The van der Waals surface area contributed by atoms with Crippen LogP contribution in [-0.4, -0.2) is 18.1 Å². The minimum Gasteiger partial charge on any atom is -0.366 e. The van der Waals surface area contributed by atoms with Crippen molar-refractivity contribution < 1.29 is 9.66 Å². The van der Waals surface area contributed by atoms with E-state index in [2.05, 4.69) is 0 Å². The summed E-state index contributed by atoms with van der Waals surface area (Å²) in [5, 5.41) is 10.9. The zero-order chi connectivity index (χ0) is 12.3. The Morgan fingerprint density at radius 1 is 1.24 bits per heavy atom. The summed E-state index contributed by atoms with van der Waals surface area (Å²) < 4.78 is 5.05. The van der Waals surface area contributed by atoms with E-state index in [1.807, 2.05) is 36.4 Å². The molecule has 2 unspecified atom stereocenters. The van der Waals surface area contributed by atoms with Gasteiger partial charge in [-0.15, -0.1) is 0 Å².